The van der Waals surface area contributed by atoms with Crippen molar-refractivity contribution in [2.75, 3.05) is 0 Å². The van der Waals surface area contributed by atoms with Crippen molar-refractivity contribution >= 4 is 23.0 Å². The van der Waals surface area contributed by atoms with Crippen molar-refractivity contribution in [2.45, 2.75) is 38.5 Å². The molecule has 0 aliphatic carbocycles. The Kier molecular flexibility index (Phi) is 4.68. The Morgan fingerprint density at radius 3 is 2.50 bits per heavy atom. The van der Waals surface area contributed by atoms with E-state index in [1.165, 1.54) is 0 Å². The van der Waals surface area contributed by atoms with Gasteiger partial charge in [0.25, 0.3) is 0 Å². The van der Waals surface area contributed by atoms with E-state index < -0.39 is 11.4 Å². The Balaban J connectivity index is 2.69. The summed E-state index contributed by atoms with van der Waals surface area (Å²) >= 11 is 4.84. The summed E-state index contributed by atoms with van der Waals surface area (Å²) in [6.07, 6.45) is 0. The summed E-state index contributed by atoms with van der Waals surface area (Å²) in [5, 5.41) is 0.702. The first-order chi connectivity index (χ1) is 7.30. The maximum Gasteiger partial charge on any atom is 0.136 e. The van der Waals surface area contributed by atoms with Gasteiger partial charge >= 0.3 is 0 Å². The Bertz CT molecular complexity index is 351. The van der Waals surface area contributed by atoms with Crippen molar-refractivity contribution in [1.82, 2.24) is 4.72 Å². The third-order valence-corrected chi connectivity index (χ3v) is 4.10. The van der Waals surface area contributed by atoms with Crippen molar-refractivity contribution in [3.63, 3.8) is 0 Å². The molecule has 0 heterocycles. The molecule has 16 heavy (non-hydrogen) atoms. The van der Waals surface area contributed by atoms with Gasteiger partial charge < -0.3 is 4.55 Å². The van der Waals surface area contributed by atoms with Crippen molar-refractivity contribution in [2.24, 2.45) is 0 Å². The molecule has 1 rings (SSSR count). The largest absolute Gasteiger partial charge is 0.598 e. The smallest absolute Gasteiger partial charge is 0.136 e. The Morgan fingerprint density at radius 2 is 2.00 bits per heavy atom. The van der Waals surface area contributed by atoms with Crippen LogP contribution < -0.4 is 4.72 Å². The molecule has 0 aliphatic heterocycles. The topological polar surface area (TPSA) is 35.1 Å². The fourth-order valence-electron chi connectivity index (χ4n) is 1.18. The molecule has 2 atom stereocenters. The summed E-state index contributed by atoms with van der Waals surface area (Å²) in [4.78, 5) is 0. The van der Waals surface area contributed by atoms with Crippen LogP contribution in [0.5, 0.6) is 0 Å². The molecule has 1 aromatic rings. The molecule has 0 amide bonds. The van der Waals surface area contributed by atoms with Gasteiger partial charge in [-0.3, -0.25) is 0 Å². The van der Waals surface area contributed by atoms with Crippen LogP contribution in [0.15, 0.2) is 24.3 Å². The van der Waals surface area contributed by atoms with Gasteiger partial charge in [0.2, 0.25) is 0 Å². The minimum absolute atomic E-state index is 0.0266. The van der Waals surface area contributed by atoms with Crippen LogP contribution in [0.4, 0.5) is 0 Å². The molecule has 1 N–H and O–H groups in total. The molecule has 4 heteroatoms. The minimum atomic E-state index is -1.07. The van der Waals surface area contributed by atoms with Crippen LogP contribution >= 0.6 is 11.6 Å². The molecule has 1 unspecified atom stereocenters. The van der Waals surface area contributed by atoms with E-state index in [9.17, 15) is 4.55 Å². The molecule has 2 nitrogen and oxygen atoms in total. The summed E-state index contributed by atoms with van der Waals surface area (Å²) in [6.45, 7) is 7.82. The highest BCUT2D eigenvalue weighted by atomic mass is 35.5. The van der Waals surface area contributed by atoms with Gasteiger partial charge in [0.05, 0.1) is 6.04 Å². The summed E-state index contributed by atoms with van der Waals surface area (Å²) in [5.41, 5.74) is 1.05. The van der Waals surface area contributed by atoms with E-state index in [4.69, 9.17) is 11.6 Å². The molecule has 1 aromatic carbocycles. The average Bonchev–Trinajstić information content (AvgIpc) is 2.16. The average molecular weight is 260 g/mol. The molecule has 90 valence electrons. The maximum absolute atomic E-state index is 11.9. The zero-order chi connectivity index (χ0) is 12.3. The van der Waals surface area contributed by atoms with E-state index in [0.29, 0.717) is 5.02 Å². The van der Waals surface area contributed by atoms with E-state index in [-0.39, 0.29) is 10.8 Å². The maximum atomic E-state index is 11.9. The Morgan fingerprint density at radius 1 is 1.38 bits per heavy atom. The zero-order valence-corrected chi connectivity index (χ0v) is 11.7. The second-order valence-electron chi connectivity index (χ2n) is 4.78. The number of nitrogens with one attached hydrogen (secondary N) is 1. The second kappa shape index (κ2) is 5.41. The molecule has 0 spiro atoms. The standard InChI is InChI=1S/C12H18ClNOS/c1-9(14-16(15)12(2,3)4)10-6-5-7-11(13)8-10/h5-9,14H,1-4H3/t9-,16?/m1/s1. The number of halogens is 1. The van der Waals surface area contributed by atoms with Crippen LogP contribution in [0.1, 0.15) is 39.3 Å². The third-order valence-electron chi connectivity index (χ3n) is 2.19. The van der Waals surface area contributed by atoms with Crippen molar-refractivity contribution in [1.29, 1.82) is 0 Å². The summed E-state index contributed by atoms with van der Waals surface area (Å²) < 4.78 is 14.7. The molecule has 0 radical (unpaired) electrons. The van der Waals surface area contributed by atoms with Gasteiger partial charge in [-0.15, -0.1) is 4.72 Å². The van der Waals surface area contributed by atoms with Crippen molar-refractivity contribution < 1.29 is 4.55 Å². The molecule has 0 aromatic heterocycles. The van der Waals surface area contributed by atoms with Crippen molar-refractivity contribution in [3.8, 4) is 0 Å². The van der Waals surface area contributed by atoms with Crippen LogP contribution in [-0.2, 0) is 11.4 Å². The first-order valence-corrected chi connectivity index (χ1v) is 6.77. The first kappa shape index (κ1) is 13.8. The van der Waals surface area contributed by atoms with E-state index in [1.807, 2.05) is 52.0 Å². The van der Waals surface area contributed by atoms with Gasteiger partial charge in [-0.2, -0.15) is 0 Å². The molecular weight excluding hydrogens is 242 g/mol. The molecule has 0 bridgehead atoms. The van der Waals surface area contributed by atoms with Crippen LogP contribution in [-0.4, -0.2) is 9.30 Å². The highest BCUT2D eigenvalue weighted by molar-refractivity contribution is 7.90. The highest BCUT2D eigenvalue weighted by Crippen LogP contribution is 2.21. The molecule has 0 saturated heterocycles. The van der Waals surface area contributed by atoms with E-state index in [2.05, 4.69) is 4.72 Å². The monoisotopic (exact) mass is 259 g/mol. The summed E-state index contributed by atoms with van der Waals surface area (Å²) in [6, 6.07) is 7.62. The number of hydrogen-bond donors (Lipinski definition) is 1. The summed E-state index contributed by atoms with van der Waals surface area (Å²) in [5.74, 6) is 0. The lowest BCUT2D eigenvalue weighted by atomic mass is 10.1. The van der Waals surface area contributed by atoms with Gasteiger partial charge in [-0.05, 0) is 45.4 Å². The summed E-state index contributed by atoms with van der Waals surface area (Å²) in [7, 11) is 0. The van der Waals surface area contributed by atoms with Gasteiger partial charge in [-0.25, -0.2) is 0 Å². The van der Waals surface area contributed by atoms with E-state index in [0.717, 1.165) is 5.56 Å². The third kappa shape index (κ3) is 3.98. The number of hydrogen-bond acceptors (Lipinski definition) is 2. The highest BCUT2D eigenvalue weighted by Gasteiger charge is 2.28. The van der Waals surface area contributed by atoms with Gasteiger partial charge in [-0.1, -0.05) is 23.7 Å². The first-order valence-electron chi connectivity index (χ1n) is 5.24. The van der Waals surface area contributed by atoms with Crippen LogP contribution in [0.25, 0.3) is 0 Å². The van der Waals surface area contributed by atoms with Crippen LogP contribution in [0.2, 0.25) is 5.02 Å². The van der Waals surface area contributed by atoms with Crippen LogP contribution in [0, 0.1) is 0 Å². The number of benzene rings is 1. The van der Waals surface area contributed by atoms with Crippen molar-refractivity contribution in [3.05, 3.63) is 34.9 Å². The predicted octanol–water partition coefficient (Wildman–Crippen LogP) is 3.45. The van der Waals surface area contributed by atoms with Gasteiger partial charge in [0.15, 0.2) is 0 Å². The SMILES string of the molecule is C[C@@H](N[S+]([O-])C(C)(C)C)c1cccc(Cl)c1. The lowest BCUT2D eigenvalue weighted by molar-refractivity contribution is 0.531. The Labute approximate surface area is 106 Å². The predicted molar refractivity (Wildman–Crippen MR) is 70.9 cm³/mol. The van der Waals surface area contributed by atoms with Crippen LogP contribution in [0.3, 0.4) is 0 Å². The van der Waals surface area contributed by atoms with E-state index >= 15 is 0 Å². The molecule has 0 fully saturated rings. The zero-order valence-electron chi connectivity index (χ0n) is 10.1. The second-order valence-corrected chi connectivity index (χ2v) is 7.21. The fourth-order valence-corrected chi connectivity index (χ4v) is 2.19. The lowest BCUT2D eigenvalue weighted by Crippen LogP contribution is -2.40. The molecular formula is C12H18ClNOS. The molecule has 0 saturated carbocycles. The fraction of sp³-hybridized carbons (Fsp3) is 0.500. The number of rotatable bonds is 3. The van der Waals surface area contributed by atoms with Gasteiger partial charge in [0.1, 0.15) is 4.75 Å². The minimum Gasteiger partial charge on any atom is -0.598 e. The quantitative estimate of drug-likeness (QED) is 0.844. The molecule has 0 aliphatic rings. The Hall–Kier alpha value is -0.220. The van der Waals surface area contributed by atoms with Gasteiger partial charge in [0, 0.05) is 16.4 Å². The normalized spacial score (nSPS) is 15.9. The lowest BCUT2D eigenvalue weighted by Gasteiger charge is -2.26. The van der Waals surface area contributed by atoms with E-state index in [1.54, 1.807) is 0 Å².